The molecule has 6 nitrogen and oxygen atoms in total. The van der Waals surface area contributed by atoms with E-state index in [1.807, 2.05) is 0 Å². The standard InChI is InChI=1S/C17H18FN3O3/c1-24-15(22)17(13-2-4-14(18)5-3-13)6-9-20(10-7-17)16(23)21-11-8-19-12-21/h2-5,8,11-12H,6-7,9-10H2,1H3. The maximum absolute atomic E-state index is 13.2. The molecule has 0 bridgehead atoms. The zero-order valence-electron chi connectivity index (χ0n) is 13.3. The number of ether oxygens (including phenoxy) is 1. The fourth-order valence-corrected chi connectivity index (χ4v) is 3.19. The van der Waals surface area contributed by atoms with Crippen molar-refractivity contribution in [2.75, 3.05) is 20.2 Å². The van der Waals surface area contributed by atoms with Crippen LogP contribution in [-0.2, 0) is 14.9 Å². The van der Waals surface area contributed by atoms with Gasteiger partial charge < -0.3 is 9.64 Å². The number of halogens is 1. The van der Waals surface area contributed by atoms with Crippen LogP contribution < -0.4 is 0 Å². The number of imidazole rings is 1. The summed E-state index contributed by atoms with van der Waals surface area (Å²) in [4.78, 5) is 30.4. The molecule has 24 heavy (non-hydrogen) atoms. The van der Waals surface area contributed by atoms with Crippen LogP contribution >= 0.6 is 0 Å². The number of aromatic nitrogens is 2. The van der Waals surface area contributed by atoms with Crippen LogP contribution in [0.15, 0.2) is 43.0 Å². The van der Waals surface area contributed by atoms with Crippen molar-refractivity contribution in [3.8, 4) is 0 Å². The molecule has 0 spiro atoms. The summed E-state index contributed by atoms with van der Waals surface area (Å²) in [7, 11) is 1.34. The van der Waals surface area contributed by atoms with Crippen molar-refractivity contribution in [2.45, 2.75) is 18.3 Å². The van der Waals surface area contributed by atoms with E-state index in [0.717, 1.165) is 0 Å². The Hall–Kier alpha value is -2.70. The van der Waals surface area contributed by atoms with Crippen LogP contribution in [0.4, 0.5) is 9.18 Å². The first-order valence-electron chi connectivity index (χ1n) is 7.68. The van der Waals surface area contributed by atoms with Crippen molar-refractivity contribution in [1.29, 1.82) is 0 Å². The summed E-state index contributed by atoms with van der Waals surface area (Å²) in [5.41, 5.74) is -0.140. The number of piperidine rings is 1. The molecule has 1 aromatic carbocycles. The predicted octanol–water partition coefficient (Wildman–Crippen LogP) is 2.20. The van der Waals surface area contributed by atoms with Gasteiger partial charge in [-0.1, -0.05) is 12.1 Å². The number of amides is 1. The summed E-state index contributed by atoms with van der Waals surface area (Å²) in [6.45, 7) is 0.812. The van der Waals surface area contributed by atoms with Crippen LogP contribution in [0, 0.1) is 5.82 Å². The third-order valence-electron chi connectivity index (χ3n) is 4.59. The molecule has 1 aliphatic heterocycles. The number of carbonyl (C=O) groups is 2. The number of hydrogen-bond donors (Lipinski definition) is 0. The Morgan fingerprint density at radius 3 is 2.42 bits per heavy atom. The lowest BCUT2D eigenvalue weighted by Gasteiger charge is -2.39. The molecule has 0 radical (unpaired) electrons. The fourth-order valence-electron chi connectivity index (χ4n) is 3.19. The lowest BCUT2D eigenvalue weighted by molar-refractivity contribution is -0.149. The third kappa shape index (κ3) is 2.77. The Morgan fingerprint density at radius 2 is 1.88 bits per heavy atom. The van der Waals surface area contributed by atoms with E-state index < -0.39 is 5.41 Å². The van der Waals surface area contributed by atoms with Crippen LogP contribution in [0.5, 0.6) is 0 Å². The molecule has 2 aromatic rings. The molecular formula is C17H18FN3O3. The van der Waals surface area contributed by atoms with E-state index in [4.69, 9.17) is 4.74 Å². The van der Waals surface area contributed by atoms with Gasteiger partial charge in [0.25, 0.3) is 0 Å². The smallest absolute Gasteiger partial charge is 0.329 e. The number of rotatable bonds is 2. The van der Waals surface area contributed by atoms with Crippen LogP contribution in [0.2, 0.25) is 0 Å². The number of esters is 1. The molecule has 1 fully saturated rings. The maximum Gasteiger partial charge on any atom is 0.329 e. The van der Waals surface area contributed by atoms with Crippen molar-refractivity contribution in [1.82, 2.24) is 14.5 Å². The van der Waals surface area contributed by atoms with Crippen LogP contribution in [0.25, 0.3) is 0 Å². The van der Waals surface area contributed by atoms with E-state index >= 15 is 0 Å². The molecule has 126 valence electrons. The number of hydrogen-bond acceptors (Lipinski definition) is 4. The first-order valence-corrected chi connectivity index (χ1v) is 7.68. The molecule has 2 heterocycles. The quantitative estimate of drug-likeness (QED) is 0.792. The van der Waals surface area contributed by atoms with E-state index in [1.54, 1.807) is 29.4 Å². The molecule has 0 atom stereocenters. The topological polar surface area (TPSA) is 64.4 Å². The van der Waals surface area contributed by atoms with Gasteiger partial charge in [0.2, 0.25) is 0 Å². The third-order valence-corrected chi connectivity index (χ3v) is 4.59. The number of carbonyl (C=O) groups excluding carboxylic acids is 2. The number of methoxy groups -OCH3 is 1. The summed E-state index contributed by atoms with van der Waals surface area (Å²) in [5, 5.41) is 0. The lowest BCUT2D eigenvalue weighted by atomic mass is 9.73. The molecule has 0 saturated carbocycles. The Labute approximate surface area is 138 Å². The highest BCUT2D eigenvalue weighted by atomic mass is 19.1. The molecule has 1 aromatic heterocycles. The highest BCUT2D eigenvalue weighted by Crippen LogP contribution is 2.37. The summed E-state index contributed by atoms with van der Waals surface area (Å²) in [5.74, 6) is -0.713. The van der Waals surface area contributed by atoms with E-state index in [2.05, 4.69) is 4.98 Å². The minimum atomic E-state index is -0.853. The molecule has 7 heteroatoms. The van der Waals surface area contributed by atoms with Gasteiger partial charge in [-0.3, -0.25) is 9.36 Å². The second-order valence-corrected chi connectivity index (χ2v) is 5.82. The van der Waals surface area contributed by atoms with E-state index in [-0.39, 0.29) is 17.8 Å². The Kier molecular flexibility index (Phi) is 4.33. The summed E-state index contributed by atoms with van der Waals surface area (Å²) in [6, 6.07) is 5.72. The Balaban J connectivity index is 1.82. The van der Waals surface area contributed by atoms with Gasteiger partial charge >= 0.3 is 12.0 Å². The first-order chi connectivity index (χ1) is 11.6. The van der Waals surface area contributed by atoms with Gasteiger partial charge in [-0.15, -0.1) is 0 Å². The average molecular weight is 331 g/mol. The number of benzene rings is 1. The van der Waals surface area contributed by atoms with Crippen molar-refractivity contribution in [3.05, 3.63) is 54.4 Å². The Bertz CT molecular complexity index is 720. The largest absolute Gasteiger partial charge is 0.468 e. The molecule has 0 unspecified atom stereocenters. The molecule has 1 aliphatic rings. The average Bonchev–Trinajstić information content (AvgIpc) is 3.16. The van der Waals surface area contributed by atoms with E-state index in [9.17, 15) is 14.0 Å². The first kappa shape index (κ1) is 16.2. The predicted molar refractivity (Wildman–Crippen MR) is 83.9 cm³/mol. The van der Waals surface area contributed by atoms with Crippen molar-refractivity contribution in [3.63, 3.8) is 0 Å². The highest BCUT2D eigenvalue weighted by Gasteiger charge is 2.44. The highest BCUT2D eigenvalue weighted by molar-refractivity contribution is 5.84. The monoisotopic (exact) mass is 331 g/mol. The van der Waals surface area contributed by atoms with Crippen LogP contribution in [0.1, 0.15) is 18.4 Å². The summed E-state index contributed by atoms with van der Waals surface area (Å²) < 4.78 is 19.6. The lowest BCUT2D eigenvalue weighted by Crippen LogP contribution is -2.50. The minimum Gasteiger partial charge on any atom is -0.468 e. The van der Waals surface area contributed by atoms with Gasteiger partial charge in [0.15, 0.2) is 0 Å². The van der Waals surface area contributed by atoms with Gasteiger partial charge in [0.1, 0.15) is 12.1 Å². The van der Waals surface area contributed by atoms with Crippen molar-refractivity contribution >= 4 is 12.0 Å². The number of nitrogens with zero attached hydrogens (tertiary/aromatic N) is 3. The Morgan fingerprint density at radius 1 is 1.21 bits per heavy atom. The van der Waals surface area contributed by atoms with Crippen molar-refractivity contribution < 1.29 is 18.7 Å². The molecule has 1 saturated heterocycles. The van der Waals surface area contributed by atoms with Gasteiger partial charge in [0, 0.05) is 25.5 Å². The van der Waals surface area contributed by atoms with Crippen molar-refractivity contribution in [2.24, 2.45) is 0 Å². The van der Waals surface area contributed by atoms with Gasteiger partial charge in [-0.25, -0.2) is 14.2 Å². The SMILES string of the molecule is COC(=O)C1(c2ccc(F)cc2)CCN(C(=O)n2ccnc2)CC1. The normalized spacial score (nSPS) is 16.7. The van der Waals surface area contributed by atoms with E-state index in [0.29, 0.717) is 31.5 Å². The molecule has 3 rings (SSSR count). The second kappa shape index (κ2) is 6.43. The van der Waals surface area contributed by atoms with Gasteiger partial charge in [0.05, 0.1) is 12.5 Å². The van der Waals surface area contributed by atoms with E-state index in [1.165, 1.54) is 30.1 Å². The maximum atomic E-state index is 13.2. The minimum absolute atomic E-state index is 0.176. The zero-order valence-corrected chi connectivity index (χ0v) is 13.3. The summed E-state index contributed by atoms with van der Waals surface area (Å²) in [6.07, 6.45) is 5.42. The summed E-state index contributed by atoms with van der Waals surface area (Å²) >= 11 is 0. The molecule has 1 amide bonds. The van der Waals surface area contributed by atoms with Gasteiger partial charge in [-0.05, 0) is 30.5 Å². The second-order valence-electron chi connectivity index (χ2n) is 5.82. The molecular weight excluding hydrogens is 313 g/mol. The van der Waals surface area contributed by atoms with Crippen LogP contribution in [0.3, 0.4) is 0 Å². The fraction of sp³-hybridized carbons (Fsp3) is 0.353. The zero-order chi connectivity index (χ0) is 17.2. The van der Waals surface area contributed by atoms with Crippen LogP contribution in [-0.4, -0.2) is 46.7 Å². The molecule has 0 aliphatic carbocycles. The number of likely N-dealkylation sites (tertiary alicyclic amines) is 1. The van der Waals surface area contributed by atoms with Gasteiger partial charge in [-0.2, -0.15) is 0 Å². The molecule has 0 N–H and O–H groups in total.